The van der Waals surface area contributed by atoms with Crippen LogP contribution < -0.4 is 16.4 Å². The van der Waals surface area contributed by atoms with Crippen LogP contribution in [0, 0.1) is 5.41 Å². The number of aliphatic hydroxyl groups is 2. The molecule has 0 radical (unpaired) electrons. The minimum atomic E-state index is -5.59. The summed E-state index contributed by atoms with van der Waals surface area (Å²) in [5.41, 5.74) is 4.22. The number of nitrogens with one attached hydrogen (secondary N) is 2. The SMILES string of the molecule is CC(C)(COP(=O)(O)OP(=O)(O)OCC1OC(n2cnc3c(N)ncnc32)C(O)C1OP(=O)(O)O)C(O)C(=O)NCCC(=O)NCCSC(=O)C/C=C/C=C/C=C/CC(=O)O. The fourth-order valence-electron chi connectivity index (χ4n) is 4.97. The predicted octanol–water partition coefficient (Wildman–Crippen LogP) is 0.198. The van der Waals surface area contributed by atoms with Gasteiger partial charge in [-0.3, -0.25) is 37.3 Å². The number of carboxylic acid groups (broad SMARTS) is 1. The molecule has 2 aromatic heterocycles. The van der Waals surface area contributed by atoms with E-state index in [1.54, 1.807) is 30.4 Å². The largest absolute Gasteiger partial charge is 0.481 e. The van der Waals surface area contributed by atoms with Gasteiger partial charge in [-0.15, -0.1) is 0 Å². The van der Waals surface area contributed by atoms with Crippen molar-refractivity contribution in [3.8, 4) is 0 Å². The average Bonchev–Trinajstić information content (AvgIpc) is 3.72. The second-order valence-corrected chi connectivity index (χ2v) is 18.7. The number of hydrogen-bond acceptors (Lipinski definition) is 19. The summed E-state index contributed by atoms with van der Waals surface area (Å²) in [5.74, 6) is -2.21. The van der Waals surface area contributed by atoms with Crippen molar-refractivity contribution in [2.24, 2.45) is 5.41 Å². The van der Waals surface area contributed by atoms with Gasteiger partial charge in [0.05, 0.1) is 26.0 Å². The van der Waals surface area contributed by atoms with E-state index in [9.17, 15) is 62.7 Å². The molecule has 3 rings (SSSR count). The topological polar surface area (TPSA) is 401 Å². The lowest BCUT2D eigenvalue weighted by Gasteiger charge is -2.30. The second kappa shape index (κ2) is 23.1. The molecule has 0 bridgehead atoms. The lowest BCUT2D eigenvalue weighted by atomic mass is 9.87. The van der Waals surface area contributed by atoms with Crippen LogP contribution in [-0.2, 0) is 55.5 Å². The number of amides is 2. The highest BCUT2D eigenvalue weighted by Gasteiger charge is 2.50. The molecule has 1 saturated heterocycles. The van der Waals surface area contributed by atoms with Crippen molar-refractivity contribution >= 4 is 75.1 Å². The van der Waals surface area contributed by atoms with Crippen molar-refractivity contribution in [3.63, 3.8) is 0 Å². The Balaban J connectivity index is 1.42. The van der Waals surface area contributed by atoms with E-state index in [0.717, 1.165) is 29.0 Å². The molecule has 1 fully saturated rings. The van der Waals surface area contributed by atoms with E-state index in [4.69, 9.17) is 24.6 Å². The molecule has 7 unspecified atom stereocenters. The average molecular weight is 946 g/mol. The Morgan fingerprint density at radius 3 is 2.30 bits per heavy atom. The first kappa shape index (κ1) is 51.6. The zero-order valence-electron chi connectivity index (χ0n) is 32.3. The quantitative estimate of drug-likeness (QED) is 0.0361. The van der Waals surface area contributed by atoms with Crippen molar-refractivity contribution in [1.82, 2.24) is 30.2 Å². The molecule has 0 spiro atoms. The van der Waals surface area contributed by atoms with Crippen LogP contribution in [0.25, 0.3) is 11.2 Å². The number of phosphoric ester groups is 3. The number of thioether (sulfide) groups is 1. The van der Waals surface area contributed by atoms with E-state index in [0.29, 0.717) is 0 Å². The van der Waals surface area contributed by atoms with Gasteiger partial charge in [0.2, 0.25) is 11.8 Å². The molecule has 1 aliphatic heterocycles. The van der Waals surface area contributed by atoms with Crippen LogP contribution in [0.15, 0.2) is 49.1 Å². The molecular weight excluding hydrogens is 899 g/mol. The lowest BCUT2D eigenvalue weighted by Crippen LogP contribution is -2.46. The monoisotopic (exact) mass is 945 g/mol. The summed E-state index contributed by atoms with van der Waals surface area (Å²) in [4.78, 5) is 98.1. The highest BCUT2D eigenvalue weighted by atomic mass is 32.2. The third-order valence-corrected chi connectivity index (χ3v) is 11.9. The predicted molar refractivity (Wildman–Crippen MR) is 211 cm³/mol. The molecule has 0 saturated carbocycles. The normalized spacial score (nSPS) is 21.2. The number of aliphatic carboxylic acids is 1. The van der Waals surface area contributed by atoms with Crippen LogP contribution >= 0.6 is 35.2 Å². The number of nitrogens with zero attached hydrogens (tertiary/aromatic N) is 4. The van der Waals surface area contributed by atoms with Gasteiger partial charge >= 0.3 is 29.4 Å². The number of aliphatic hydroxyl groups excluding tert-OH is 2. The summed E-state index contributed by atoms with van der Waals surface area (Å²) in [5, 5.41) is 34.7. The molecule has 26 nitrogen and oxygen atoms in total. The van der Waals surface area contributed by atoms with Crippen LogP contribution in [0.5, 0.6) is 0 Å². The molecule has 0 aliphatic carbocycles. The van der Waals surface area contributed by atoms with Gasteiger partial charge in [-0.1, -0.05) is 62.1 Å². The maximum Gasteiger partial charge on any atom is 0.481 e. The summed E-state index contributed by atoms with van der Waals surface area (Å²) in [6.07, 6.45) is 2.50. The van der Waals surface area contributed by atoms with Gasteiger partial charge in [0.1, 0.15) is 36.3 Å². The number of carboxylic acids is 1. The number of fused-ring (bicyclic) bond motifs is 1. The number of carbonyl (C=O) groups excluding carboxylic acids is 3. The molecule has 0 aromatic carbocycles. The van der Waals surface area contributed by atoms with Crippen molar-refractivity contribution in [3.05, 3.63) is 49.1 Å². The van der Waals surface area contributed by atoms with Crippen molar-refractivity contribution in [1.29, 1.82) is 0 Å². The second-order valence-electron chi connectivity index (χ2n) is 13.3. The summed E-state index contributed by atoms with van der Waals surface area (Å²) in [7, 11) is -16.4. The van der Waals surface area contributed by atoms with Crippen molar-refractivity contribution in [2.45, 2.75) is 63.8 Å². The Morgan fingerprint density at radius 1 is 0.984 bits per heavy atom. The standard InChI is InChI=1S/C31H46N7O19P3S/c1-31(2,26(44)29(45)34-12-11-20(39)33-13-14-61-22(42)10-8-6-4-3-5-7-9-21(40)41)16-54-60(51,52)57-59(49,50)53-15-19-25(56-58(46,47)48)24(43)30(55-19)38-18-37-23-27(32)35-17-36-28(23)38/h3-8,17-19,24-26,30,43-44H,9-16H2,1-2H3,(H,33,39)(H,34,45)(H,40,41)(H,49,50)(H,51,52)(H2,32,35,36)(H2,46,47,48)/b4-3+,7-5+,8-6+. The molecule has 30 heteroatoms. The van der Waals surface area contributed by atoms with E-state index in [1.165, 1.54) is 19.9 Å². The molecule has 7 atom stereocenters. The minimum absolute atomic E-state index is 0.0211. The first-order valence-electron chi connectivity index (χ1n) is 17.7. The maximum atomic E-state index is 12.7. The third kappa shape index (κ3) is 17.5. The number of rotatable bonds is 25. The van der Waals surface area contributed by atoms with E-state index >= 15 is 0 Å². The van der Waals surface area contributed by atoms with Crippen molar-refractivity contribution in [2.75, 3.05) is 37.8 Å². The first-order chi connectivity index (χ1) is 28.4. The van der Waals surface area contributed by atoms with Crippen LogP contribution in [0.1, 0.15) is 39.3 Å². The molecular formula is C31H46N7O19P3S. The first-order valence-corrected chi connectivity index (χ1v) is 23.2. The van der Waals surface area contributed by atoms with E-state index < -0.39 is 90.5 Å². The number of carbonyl (C=O) groups is 4. The molecule has 340 valence electrons. The number of aromatic nitrogens is 4. The van der Waals surface area contributed by atoms with Gasteiger partial charge < -0.3 is 56.0 Å². The number of allylic oxidation sites excluding steroid dienone is 5. The van der Waals surface area contributed by atoms with Gasteiger partial charge in [0, 0.05) is 37.1 Å². The molecule has 2 amide bonds. The molecule has 1 aliphatic rings. The zero-order valence-corrected chi connectivity index (χ0v) is 35.8. The summed E-state index contributed by atoms with van der Waals surface area (Å²) in [6, 6.07) is 0. The van der Waals surface area contributed by atoms with E-state index in [2.05, 4.69) is 34.4 Å². The summed E-state index contributed by atoms with van der Waals surface area (Å²) < 4.78 is 62.1. The fourth-order valence-corrected chi connectivity index (χ4v) is 8.45. The Morgan fingerprint density at radius 2 is 1.64 bits per heavy atom. The van der Waals surface area contributed by atoms with Gasteiger partial charge in [0.25, 0.3) is 0 Å². The number of nitrogen functional groups attached to an aromatic ring is 1. The molecule has 3 heterocycles. The maximum absolute atomic E-state index is 12.7. The van der Waals surface area contributed by atoms with Gasteiger partial charge in [0.15, 0.2) is 22.8 Å². The fraction of sp³-hybridized carbons (Fsp3) is 0.516. The minimum Gasteiger partial charge on any atom is -0.481 e. The van der Waals surface area contributed by atoms with Crippen molar-refractivity contribution < 1.29 is 90.4 Å². The summed E-state index contributed by atoms with van der Waals surface area (Å²) >= 11 is 0.991. The Labute approximate surface area is 351 Å². The third-order valence-electron chi connectivity index (χ3n) is 7.95. The number of phosphoric acid groups is 3. The van der Waals surface area contributed by atoms with Gasteiger partial charge in [-0.25, -0.2) is 28.6 Å². The van der Waals surface area contributed by atoms with Gasteiger partial charge in [-0.2, -0.15) is 4.31 Å². The Kier molecular flexibility index (Phi) is 19.5. The smallest absolute Gasteiger partial charge is 0.481 e. The van der Waals surface area contributed by atoms with E-state index in [-0.39, 0.29) is 60.2 Å². The zero-order chi connectivity index (χ0) is 45.6. The Hall–Kier alpha value is -3.75. The number of hydrogen-bond donors (Lipinski definition) is 10. The lowest BCUT2D eigenvalue weighted by molar-refractivity contribution is -0.137. The molecule has 61 heavy (non-hydrogen) atoms. The van der Waals surface area contributed by atoms with Crippen LogP contribution in [-0.4, -0.2) is 134 Å². The highest BCUT2D eigenvalue weighted by Crippen LogP contribution is 2.61. The Bertz CT molecular complexity index is 2100. The van der Waals surface area contributed by atoms with E-state index in [1.807, 2.05) is 0 Å². The number of imidazole rings is 1. The molecule has 11 N–H and O–H groups in total. The van der Waals surface area contributed by atoms with Crippen LogP contribution in [0.4, 0.5) is 5.82 Å². The van der Waals surface area contributed by atoms with Crippen LogP contribution in [0.2, 0.25) is 0 Å². The number of nitrogens with two attached hydrogens (primary N) is 1. The summed E-state index contributed by atoms with van der Waals surface area (Å²) in [6.45, 7) is 0.325. The number of ether oxygens (including phenoxy) is 1. The highest BCUT2D eigenvalue weighted by molar-refractivity contribution is 8.13. The number of anilines is 1. The molecule has 2 aromatic rings. The van der Waals surface area contributed by atoms with Gasteiger partial charge in [-0.05, 0) is 0 Å². The van der Waals surface area contributed by atoms with Crippen LogP contribution in [0.3, 0.4) is 0 Å².